The molecule has 0 amide bonds. The summed E-state index contributed by atoms with van der Waals surface area (Å²) in [6, 6.07) is 7.40. The van der Waals surface area contributed by atoms with Crippen molar-refractivity contribution in [1.82, 2.24) is 4.90 Å². The van der Waals surface area contributed by atoms with Gasteiger partial charge in [0.1, 0.15) is 0 Å². The quantitative estimate of drug-likeness (QED) is 0.792. The third-order valence-corrected chi connectivity index (χ3v) is 4.53. The fraction of sp³-hybridized carbons (Fsp3) is 0.571. The highest BCUT2D eigenvalue weighted by atomic mass is 127. The summed E-state index contributed by atoms with van der Waals surface area (Å²) in [6.45, 7) is 6.89. The average Bonchev–Trinajstić information content (AvgIpc) is 2.33. The van der Waals surface area contributed by atoms with Crippen LogP contribution in [0.15, 0.2) is 18.2 Å². The van der Waals surface area contributed by atoms with Crippen LogP contribution in [0.4, 0.5) is 5.69 Å². The first-order valence-corrected chi connectivity index (χ1v) is 7.97. The fourth-order valence-electron chi connectivity index (χ4n) is 2.39. The van der Waals surface area contributed by atoms with E-state index in [1.54, 1.807) is 0 Å². The highest BCUT2D eigenvalue weighted by Crippen LogP contribution is 2.26. The van der Waals surface area contributed by atoms with Crippen molar-refractivity contribution in [3.8, 4) is 0 Å². The largest absolute Gasteiger partial charge is 0.381 e. The van der Waals surface area contributed by atoms with Crippen molar-refractivity contribution in [1.29, 1.82) is 0 Å². The van der Waals surface area contributed by atoms with Gasteiger partial charge in [-0.2, -0.15) is 0 Å². The van der Waals surface area contributed by atoms with Crippen molar-refractivity contribution < 1.29 is 0 Å². The lowest BCUT2D eigenvalue weighted by atomic mass is 10.0. The molecule has 1 heterocycles. The Balaban J connectivity index is 1.91. The Morgan fingerprint density at radius 2 is 2.00 bits per heavy atom. The first-order valence-electron chi connectivity index (χ1n) is 6.52. The second kappa shape index (κ2) is 6.44. The van der Waals surface area contributed by atoms with Crippen molar-refractivity contribution in [3.63, 3.8) is 0 Å². The highest BCUT2D eigenvalue weighted by Gasteiger charge is 2.20. The number of anilines is 1. The number of nitrogens with one attached hydrogen (secondary N) is 1. The van der Waals surface area contributed by atoms with E-state index in [4.69, 9.17) is 11.6 Å². The van der Waals surface area contributed by atoms with Crippen LogP contribution >= 0.6 is 34.2 Å². The van der Waals surface area contributed by atoms with E-state index >= 15 is 0 Å². The van der Waals surface area contributed by atoms with E-state index < -0.39 is 0 Å². The molecule has 0 aliphatic carbocycles. The lowest BCUT2D eigenvalue weighted by Crippen LogP contribution is -2.42. The Labute approximate surface area is 128 Å². The van der Waals surface area contributed by atoms with Crippen LogP contribution in [0, 0.1) is 3.57 Å². The number of likely N-dealkylation sites (tertiary alicyclic amines) is 1. The Morgan fingerprint density at radius 3 is 2.56 bits per heavy atom. The summed E-state index contributed by atoms with van der Waals surface area (Å²) >= 11 is 8.53. The van der Waals surface area contributed by atoms with Crippen LogP contribution in [-0.4, -0.2) is 30.1 Å². The zero-order valence-electron chi connectivity index (χ0n) is 10.9. The Hall–Kier alpha value is -0.0000000000000000555. The van der Waals surface area contributed by atoms with Crippen LogP contribution in [0.1, 0.15) is 26.7 Å². The Bertz CT molecular complexity index is 401. The first-order chi connectivity index (χ1) is 8.56. The van der Waals surface area contributed by atoms with Crippen LogP contribution in [0.3, 0.4) is 0 Å². The lowest BCUT2D eigenvalue weighted by Gasteiger charge is -2.35. The minimum Gasteiger partial charge on any atom is -0.381 e. The summed E-state index contributed by atoms with van der Waals surface area (Å²) in [5.41, 5.74) is 1.07. The monoisotopic (exact) mass is 378 g/mol. The average molecular weight is 379 g/mol. The maximum Gasteiger partial charge on any atom is 0.0648 e. The van der Waals surface area contributed by atoms with Crippen LogP contribution in [0.5, 0.6) is 0 Å². The van der Waals surface area contributed by atoms with Crippen LogP contribution < -0.4 is 5.32 Å². The van der Waals surface area contributed by atoms with E-state index in [0.717, 1.165) is 10.7 Å². The van der Waals surface area contributed by atoms with Crippen molar-refractivity contribution >= 4 is 39.9 Å². The SMILES string of the molecule is CC(C)N1CCC(Nc2ccc(I)cc2Cl)CC1. The third kappa shape index (κ3) is 3.75. The van der Waals surface area contributed by atoms with E-state index in [1.807, 2.05) is 6.07 Å². The van der Waals surface area contributed by atoms with Gasteiger partial charge < -0.3 is 10.2 Å². The smallest absolute Gasteiger partial charge is 0.0648 e. The third-order valence-electron chi connectivity index (χ3n) is 3.55. The highest BCUT2D eigenvalue weighted by molar-refractivity contribution is 14.1. The van der Waals surface area contributed by atoms with Gasteiger partial charge in [0, 0.05) is 28.7 Å². The number of nitrogens with zero attached hydrogens (tertiary/aromatic N) is 1. The molecule has 2 nitrogen and oxygen atoms in total. The van der Waals surface area contributed by atoms with Gasteiger partial charge in [0.25, 0.3) is 0 Å². The molecule has 1 fully saturated rings. The molecule has 1 aliphatic heterocycles. The molecular formula is C14H20ClIN2. The Morgan fingerprint density at radius 1 is 1.33 bits per heavy atom. The molecule has 2 rings (SSSR count). The maximum atomic E-state index is 6.25. The van der Waals surface area contributed by atoms with E-state index in [2.05, 4.69) is 58.8 Å². The van der Waals surface area contributed by atoms with Gasteiger partial charge in [0.15, 0.2) is 0 Å². The summed E-state index contributed by atoms with van der Waals surface area (Å²) in [5.74, 6) is 0. The molecule has 0 radical (unpaired) electrons. The van der Waals surface area contributed by atoms with Crippen molar-refractivity contribution in [2.24, 2.45) is 0 Å². The van der Waals surface area contributed by atoms with Gasteiger partial charge >= 0.3 is 0 Å². The second-order valence-electron chi connectivity index (χ2n) is 5.17. The molecule has 1 aromatic carbocycles. The fourth-order valence-corrected chi connectivity index (χ4v) is 3.30. The zero-order valence-corrected chi connectivity index (χ0v) is 13.8. The van der Waals surface area contributed by atoms with E-state index in [9.17, 15) is 0 Å². The molecule has 0 saturated carbocycles. The molecule has 0 unspecified atom stereocenters. The topological polar surface area (TPSA) is 15.3 Å². The summed E-state index contributed by atoms with van der Waals surface area (Å²) in [7, 11) is 0. The first kappa shape index (κ1) is 14.4. The summed E-state index contributed by atoms with van der Waals surface area (Å²) in [4.78, 5) is 2.54. The summed E-state index contributed by atoms with van der Waals surface area (Å²) in [5, 5.41) is 4.40. The zero-order chi connectivity index (χ0) is 13.1. The number of piperidine rings is 1. The molecule has 1 N–H and O–H groups in total. The summed E-state index contributed by atoms with van der Waals surface area (Å²) in [6.07, 6.45) is 2.39. The molecule has 0 aromatic heterocycles. The second-order valence-corrected chi connectivity index (χ2v) is 6.83. The van der Waals surface area contributed by atoms with Crippen LogP contribution in [0.25, 0.3) is 0 Å². The van der Waals surface area contributed by atoms with Crippen molar-refractivity contribution in [2.45, 2.75) is 38.8 Å². The minimum absolute atomic E-state index is 0.553. The number of halogens is 2. The van der Waals surface area contributed by atoms with Crippen LogP contribution in [0.2, 0.25) is 5.02 Å². The molecule has 4 heteroatoms. The van der Waals surface area contributed by atoms with Gasteiger partial charge in [-0.05, 0) is 67.5 Å². The predicted octanol–water partition coefficient (Wildman–Crippen LogP) is 4.23. The predicted molar refractivity (Wildman–Crippen MR) is 87.5 cm³/mol. The molecule has 0 atom stereocenters. The number of benzene rings is 1. The van der Waals surface area contributed by atoms with Crippen LogP contribution in [-0.2, 0) is 0 Å². The van der Waals surface area contributed by atoms with Crippen molar-refractivity contribution in [2.75, 3.05) is 18.4 Å². The van der Waals surface area contributed by atoms with Gasteiger partial charge in [-0.25, -0.2) is 0 Å². The molecule has 1 saturated heterocycles. The van der Waals surface area contributed by atoms with Gasteiger partial charge in [-0.3, -0.25) is 0 Å². The van der Waals surface area contributed by atoms with E-state index in [0.29, 0.717) is 12.1 Å². The molecule has 18 heavy (non-hydrogen) atoms. The number of hydrogen-bond acceptors (Lipinski definition) is 2. The van der Waals surface area contributed by atoms with Gasteiger partial charge in [0.2, 0.25) is 0 Å². The molecule has 1 aliphatic rings. The van der Waals surface area contributed by atoms with Crippen molar-refractivity contribution in [3.05, 3.63) is 26.8 Å². The number of hydrogen-bond donors (Lipinski definition) is 1. The normalized spacial score (nSPS) is 18.3. The molecule has 100 valence electrons. The van der Waals surface area contributed by atoms with E-state index in [1.165, 1.54) is 29.5 Å². The molecular weight excluding hydrogens is 359 g/mol. The molecule has 0 spiro atoms. The van der Waals surface area contributed by atoms with Gasteiger partial charge in [-0.1, -0.05) is 11.6 Å². The molecule has 1 aromatic rings. The van der Waals surface area contributed by atoms with Gasteiger partial charge in [0.05, 0.1) is 10.7 Å². The lowest BCUT2D eigenvalue weighted by molar-refractivity contribution is 0.177. The maximum absolute atomic E-state index is 6.25. The number of rotatable bonds is 3. The molecule has 0 bridgehead atoms. The standard InChI is InChI=1S/C14H20ClIN2/c1-10(2)18-7-5-12(6-8-18)17-14-4-3-11(16)9-13(14)15/h3-4,9-10,12,17H,5-8H2,1-2H3. The minimum atomic E-state index is 0.553. The Kier molecular flexibility index (Phi) is 5.15. The summed E-state index contributed by atoms with van der Waals surface area (Å²) < 4.78 is 1.18. The van der Waals surface area contributed by atoms with Gasteiger partial charge in [-0.15, -0.1) is 0 Å². The van der Waals surface area contributed by atoms with E-state index in [-0.39, 0.29) is 0 Å².